The molecule has 0 spiro atoms. The van der Waals surface area contributed by atoms with Crippen LogP contribution in [-0.2, 0) is 9.47 Å². The summed E-state index contributed by atoms with van der Waals surface area (Å²) in [5.41, 5.74) is 0.268. The number of nitrogens with one attached hydrogen (secondary N) is 2. The molecule has 5 heteroatoms. The standard InChI is InChI=1S/C18H42N2O2S/c1-18(2,3)17-22-13-8-10-20-12-15-21-14-11-19-9-6-7-16-23(4)5/h19-20,23H,6-17H2,1-5H3. The Morgan fingerprint density at radius 2 is 1.35 bits per heavy atom. The first-order valence-electron chi connectivity index (χ1n) is 9.13. The van der Waals surface area contributed by atoms with Crippen LogP contribution in [0.3, 0.4) is 0 Å². The zero-order valence-corrected chi connectivity index (χ0v) is 17.1. The average Bonchev–Trinajstić information content (AvgIpc) is 2.45. The molecule has 0 fully saturated rings. The molecule has 0 aliphatic heterocycles. The SMILES string of the molecule is C[SH](C)CCCCNCCOCCNCCCOCC(C)(C)C. The lowest BCUT2D eigenvalue weighted by molar-refractivity contribution is 0.0693. The van der Waals surface area contributed by atoms with Gasteiger partial charge in [-0.15, -0.1) is 0 Å². The molecule has 2 N–H and O–H groups in total. The normalized spacial score (nSPS) is 12.7. The number of hydrogen-bond acceptors (Lipinski definition) is 4. The third kappa shape index (κ3) is 22.2. The van der Waals surface area contributed by atoms with Crippen molar-refractivity contribution in [2.75, 3.05) is 70.9 Å². The van der Waals surface area contributed by atoms with Crippen molar-refractivity contribution in [2.45, 2.75) is 40.0 Å². The predicted octanol–water partition coefficient (Wildman–Crippen LogP) is 2.68. The van der Waals surface area contributed by atoms with Crippen LogP contribution in [0.5, 0.6) is 0 Å². The minimum atomic E-state index is 0.268. The monoisotopic (exact) mass is 350 g/mol. The zero-order chi connectivity index (χ0) is 17.4. The quantitative estimate of drug-likeness (QED) is 0.296. The molecular formula is C18H42N2O2S. The predicted molar refractivity (Wildman–Crippen MR) is 106 cm³/mol. The fourth-order valence-electron chi connectivity index (χ4n) is 2.00. The van der Waals surface area contributed by atoms with Crippen LogP contribution in [0.4, 0.5) is 0 Å². The number of hydrogen-bond donors (Lipinski definition) is 3. The summed E-state index contributed by atoms with van der Waals surface area (Å²) in [5, 5.41) is 6.83. The van der Waals surface area contributed by atoms with Gasteiger partial charge in [0.25, 0.3) is 0 Å². The molecule has 0 atom stereocenters. The maximum Gasteiger partial charge on any atom is 0.0591 e. The first kappa shape index (κ1) is 23.2. The van der Waals surface area contributed by atoms with Crippen LogP contribution in [0.2, 0.25) is 0 Å². The molecule has 0 aliphatic carbocycles. The number of rotatable bonds is 16. The Labute approximate surface area is 147 Å². The highest BCUT2D eigenvalue weighted by molar-refractivity contribution is 8.15. The van der Waals surface area contributed by atoms with E-state index in [0.29, 0.717) is 0 Å². The van der Waals surface area contributed by atoms with Crippen LogP contribution in [-0.4, -0.2) is 70.9 Å². The topological polar surface area (TPSA) is 42.5 Å². The van der Waals surface area contributed by atoms with E-state index in [1.807, 2.05) is 0 Å². The number of unbranched alkanes of at least 4 members (excludes halogenated alkanes) is 1. The van der Waals surface area contributed by atoms with Gasteiger partial charge < -0.3 is 20.1 Å². The Bertz CT molecular complexity index is 246. The summed E-state index contributed by atoms with van der Waals surface area (Å²) in [5.74, 6) is 1.40. The van der Waals surface area contributed by atoms with Gasteiger partial charge in [0.1, 0.15) is 0 Å². The molecule has 142 valence electrons. The van der Waals surface area contributed by atoms with E-state index in [1.54, 1.807) is 0 Å². The van der Waals surface area contributed by atoms with Gasteiger partial charge in [-0.05, 0) is 56.0 Å². The molecule has 0 heterocycles. The Balaban J connectivity index is 3.03. The van der Waals surface area contributed by atoms with Crippen molar-refractivity contribution in [3.63, 3.8) is 0 Å². The molecule has 0 aromatic carbocycles. The lowest BCUT2D eigenvalue weighted by Gasteiger charge is -2.17. The molecule has 0 radical (unpaired) electrons. The highest BCUT2D eigenvalue weighted by Gasteiger charge is 2.09. The number of ether oxygens (including phenoxy) is 2. The van der Waals surface area contributed by atoms with Gasteiger partial charge in [-0.1, -0.05) is 20.8 Å². The first-order chi connectivity index (χ1) is 10.9. The van der Waals surface area contributed by atoms with Crippen LogP contribution >= 0.6 is 10.9 Å². The van der Waals surface area contributed by atoms with E-state index in [0.717, 1.165) is 59.0 Å². The molecule has 0 saturated carbocycles. The molecule has 0 unspecified atom stereocenters. The number of thiol groups is 1. The average molecular weight is 351 g/mol. The fraction of sp³-hybridized carbons (Fsp3) is 1.00. The third-order valence-electron chi connectivity index (χ3n) is 3.23. The summed E-state index contributed by atoms with van der Waals surface area (Å²) in [6, 6.07) is 0. The Morgan fingerprint density at radius 3 is 1.91 bits per heavy atom. The summed E-state index contributed by atoms with van der Waals surface area (Å²) >= 11 is 0. The van der Waals surface area contributed by atoms with Gasteiger partial charge in [0, 0.05) is 19.7 Å². The van der Waals surface area contributed by atoms with Crippen LogP contribution in [0, 0.1) is 5.41 Å². The summed E-state index contributed by atoms with van der Waals surface area (Å²) in [7, 11) is 0.285. The molecule has 0 amide bonds. The minimum absolute atomic E-state index is 0.268. The van der Waals surface area contributed by atoms with Crippen LogP contribution in [0.1, 0.15) is 40.0 Å². The van der Waals surface area contributed by atoms with Crippen molar-refractivity contribution >= 4 is 10.9 Å². The first-order valence-corrected chi connectivity index (χ1v) is 11.6. The summed E-state index contributed by atoms with van der Waals surface area (Å²) < 4.78 is 11.2. The lowest BCUT2D eigenvalue weighted by atomic mass is 9.99. The molecule has 0 saturated heterocycles. The molecular weight excluding hydrogens is 308 g/mol. The highest BCUT2D eigenvalue weighted by Crippen LogP contribution is 2.14. The molecule has 23 heavy (non-hydrogen) atoms. The van der Waals surface area contributed by atoms with E-state index in [1.165, 1.54) is 18.6 Å². The maximum atomic E-state index is 5.63. The van der Waals surface area contributed by atoms with Crippen LogP contribution in [0.15, 0.2) is 0 Å². The summed E-state index contributed by atoms with van der Waals surface area (Å²) in [4.78, 5) is 0. The smallest absolute Gasteiger partial charge is 0.0591 e. The Hall–Kier alpha value is 0.190. The lowest BCUT2D eigenvalue weighted by Crippen LogP contribution is -2.25. The second kappa shape index (κ2) is 15.7. The van der Waals surface area contributed by atoms with Crippen LogP contribution < -0.4 is 10.6 Å². The van der Waals surface area contributed by atoms with Gasteiger partial charge in [-0.25, -0.2) is 0 Å². The minimum Gasteiger partial charge on any atom is -0.381 e. The van der Waals surface area contributed by atoms with Gasteiger partial charge in [-0.3, -0.25) is 10.9 Å². The van der Waals surface area contributed by atoms with Crippen molar-refractivity contribution in [1.29, 1.82) is 0 Å². The van der Waals surface area contributed by atoms with Crippen molar-refractivity contribution < 1.29 is 9.47 Å². The van der Waals surface area contributed by atoms with E-state index in [4.69, 9.17) is 9.47 Å². The molecule has 0 rings (SSSR count). The molecule has 0 aromatic heterocycles. The largest absolute Gasteiger partial charge is 0.381 e. The van der Waals surface area contributed by atoms with E-state index < -0.39 is 0 Å². The van der Waals surface area contributed by atoms with E-state index in [-0.39, 0.29) is 16.3 Å². The highest BCUT2D eigenvalue weighted by atomic mass is 32.2. The van der Waals surface area contributed by atoms with Gasteiger partial charge in [-0.2, -0.15) is 0 Å². The Kier molecular flexibility index (Phi) is 15.8. The van der Waals surface area contributed by atoms with Gasteiger partial charge in [0.2, 0.25) is 0 Å². The summed E-state index contributed by atoms with van der Waals surface area (Å²) in [6.07, 6.45) is 8.41. The third-order valence-corrected chi connectivity index (χ3v) is 4.44. The van der Waals surface area contributed by atoms with E-state index in [9.17, 15) is 0 Å². The zero-order valence-electron chi connectivity index (χ0n) is 16.2. The summed E-state index contributed by atoms with van der Waals surface area (Å²) in [6.45, 7) is 13.9. The Morgan fingerprint density at radius 1 is 0.739 bits per heavy atom. The van der Waals surface area contributed by atoms with Gasteiger partial charge in [0.05, 0.1) is 19.8 Å². The second-order valence-corrected chi connectivity index (χ2v) is 10.2. The fourth-order valence-corrected chi connectivity index (χ4v) is 2.85. The van der Waals surface area contributed by atoms with Crippen LogP contribution in [0.25, 0.3) is 0 Å². The van der Waals surface area contributed by atoms with Gasteiger partial charge >= 0.3 is 0 Å². The molecule has 0 bridgehead atoms. The van der Waals surface area contributed by atoms with Crippen molar-refractivity contribution in [3.05, 3.63) is 0 Å². The molecule has 0 aliphatic rings. The van der Waals surface area contributed by atoms with Crippen molar-refractivity contribution in [2.24, 2.45) is 5.41 Å². The maximum absolute atomic E-state index is 5.63. The van der Waals surface area contributed by atoms with E-state index >= 15 is 0 Å². The van der Waals surface area contributed by atoms with E-state index in [2.05, 4.69) is 43.9 Å². The molecule has 0 aromatic rings. The van der Waals surface area contributed by atoms with Crippen molar-refractivity contribution in [3.8, 4) is 0 Å². The second-order valence-electron chi connectivity index (χ2n) is 7.59. The van der Waals surface area contributed by atoms with Gasteiger partial charge in [0.15, 0.2) is 0 Å². The van der Waals surface area contributed by atoms with Crippen molar-refractivity contribution in [1.82, 2.24) is 10.6 Å². The molecule has 4 nitrogen and oxygen atoms in total.